The van der Waals surface area contributed by atoms with Crippen LogP contribution in [0.2, 0.25) is 0 Å². The van der Waals surface area contributed by atoms with E-state index in [2.05, 4.69) is 4.98 Å². The maximum atomic E-state index is 13.0. The Morgan fingerprint density at radius 3 is 2.75 bits per heavy atom. The van der Waals surface area contributed by atoms with Crippen LogP contribution in [0, 0.1) is 12.7 Å². The number of aryl methyl sites for hydroxylation is 1. The van der Waals surface area contributed by atoms with Crippen molar-refractivity contribution in [2.24, 2.45) is 0 Å². The number of pyridine rings is 1. The van der Waals surface area contributed by atoms with E-state index in [0.29, 0.717) is 17.4 Å². The summed E-state index contributed by atoms with van der Waals surface area (Å²) in [5.41, 5.74) is 2.86. The molecule has 2 nitrogen and oxygen atoms in total. The van der Waals surface area contributed by atoms with Crippen molar-refractivity contribution in [1.82, 2.24) is 4.98 Å². The number of aromatic nitrogens is 1. The van der Waals surface area contributed by atoms with Crippen molar-refractivity contribution in [3.63, 3.8) is 0 Å². The van der Waals surface area contributed by atoms with Gasteiger partial charge in [0.25, 0.3) is 0 Å². The molecule has 16 heavy (non-hydrogen) atoms. The predicted octanol–water partition coefficient (Wildman–Crippen LogP) is 3.01. The van der Waals surface area contributed by atoms with E-state index in [0.717, 1.165) is 11.1 Å². The molecule has 3 heteroatoms. The Morgan fingerprint density at radius 1 is 1.25 bits per heavy atom. The summed E-state index contributed by atoms with van der Waals surface area (Å²) in [7, 11) is 0. The number of aldehydes is 1. The van der Waals surface area contributed by atoms with Gasteiger partial charge in [-0.15, -0.1) is 0 Å². The van der Waals surface area contributed by atoms with Gasteiger partial charge in [-0.1, -0.05) is 6.07 Å². The number of halogens is 1. The van der Waals surface area contributed by atoms with Gasteiger partial charge in [0, 0.05) is 23.5 Å². The molecule has 1 heterocycles. The van der Waals surface area contributed by atoms with Gasteiger partial charge in [-0.3, -0.25) is 9.78 Å². The largest absolute Gasteiger partial charge is 0.298 e. The Hall–Kier alpha value is -2.03. The molecule has 80 valence electrons. The van der Waals surface area contributed by atoms with E-state index in [1.807, 2.05) is 13.0 Å². The van der Waals surface area contributed by atoms with Crippen molar-refractivity contribution < 1.29 is 9.18 Å². The van der Waals surface area contributed by atoms with Crippen LogP contribution in [-0.4, -0.2) is 11.3 Å². The highest BCUT2D eigenvalue weighted by Crippen LogP contribution is 2.23. The molecule has 0 aliphatic rings. The SMILES string of the molecule is Cc1cncc(-c2ccc(F)cc2C=O)c1. The van der Waals surface area contributed by atoms with Crippen molar-refractivity contribution in [3.8, 4) is 11.1 Å². The second-order valence-corrected chi connectivity index (χ2v) is 3.60. The standard InChI is InChI=1S/C13H10FNO/c1-9-4-10(7-15-6-9)13-3-2-12(14)5-11(13)8-16/h2-8H,1H3. The van der Waals surface area contributed by atoms with E-state index in [4.69, 9.17) is 0 Å². The summed E-state index contributed by atoms with van der Waals surface area (Å²) < 4.78 is 13.0. The number of nitrogens with zero attached hydrogens (tertiary/aromatic N) is 1. The molecule has 0 saturated heterocycles. The molecule has 0 spiro atoms. The summed E-state index contributed by atoms with van der Waals surface area (Å²) in [5, 5.41) is 0. The Morgan fingerprint density at radius 2 is 2.06 bits per heavy atom. The molecule has 0 fully saturated rings. The summed E-state index contributed by atoms with van der Waals surface area (Å²) >= 11 is 0. The summed E-state index contributed by atoms with van der Waals surface area (Å²) in [5.74, 6) is -0.411. The monoisotopic (exact) mass is 215 g/mol. The van der Waals surface area contributed by atoms with Crippen LogP contribution in [0.15, 0.2) is 36.7 Å². The zero-order chi connectivity index (χ0) is 11.5. The molecular formula is C13H10FNO. The Labute approximate surface area is 92.8 Å². The third kappa shape index (κ3) is 1.98. The fourth-order valence-corrected chi connectivity index (χ4v) is 1.60. The van der Waals surface area contributed by atoms with Gasteiger partial charge >= 0.3 is 0 Å². The molecule has 0 radical (unpaired) electrons. The number of carbonyl (C=O) groups is 1. The first-order chi connectivity index (χ1) is 7.70. The number of rotatable bonds is 2. The van der Waals surface area contributed by atoms with E-state index >= 15 is 0 Å². The van der Waals surface area contributed by atoms with Gasteiger partial charge in [0.05, 0.1) is 0 Å². The highest BCUT2D eigenvalue weighted by Gasteiger charge is 2.06. The average Bonchev–Trinajstić information content (AvgIpc) is 2.28. The van der Waals surface area contributed by atoms with Crippen LogP contribution in [-0.2, 0) is 0 Å². The van der Waals surface area contributed by atoms with E-state index < -0.39 is 5.82 Å². The normalized spacial score (nSPS) is 10.1. The van der Waals surface area contributed by atoms with Crippen LogP contribution in [0.5, 0.6) is 0 Å². The third-order valence-corrected chi connectivity index (χ3v) is 2.33. The second kappa shape index (κ2) is 4.23. The summed E-state index contributed by atoms with van der Waals surface area (Å²) in [6, 6.07) is 6.07. The van der Waals surface area contributed by atoms with Gasteiger partial charge in [0.2, 0.25) is 0 Å². The van der Waals surface area contributed by atoms with Crippen molar-refractivity contribution in [3.05, 3.63) is 53.6 Å². The molecule has 0 saturated carbocycles. The zero-order valence-corrected chi connectivity index (χ0v) is 8.77. The fraction of sp³-hybridized carbons (Fsp3) is 0.0769. The molecule has 0 atom stereocenters. The number of carbonyl (C=O) groups excluding carboxylic acids is 1. The van der Waals surface area contributed by atoms with Crippen molar-refractivity contribution in [2.45, 2.75) is 6.92 Å². The van der Waals surface area contributed by atoms with Crippen LogP contribution in [0.4, 0.5) is 4.39 Å². The van der Waals surface area contributed by atoms with Crippen molar-refractivity contribution >= 4 is 6.29 Å². The Bertz CT molecular complexity index is 537. The lowest BCUT2D eigenvalue weighted by atomic mass is 10.0. The quantitative estimate of drug-likeness (QED) is 0.721. The minimum atomic E-state index is -0.411. The van der Waals surface area contributed by atoms with Crippen LogP contribution < -0.4 is 0 Å². The van der Waals surface area contributed by atoms with Gasteiger partial charge in [-0.2, -0.15) is 0 Å². The van der Waals surface area contributed by atoms with Gasteiger partial charge in [0.15, 0.2) is 6.29 Å². The smallest absolute Gasteiger partial charge is 0.150 e. The van der Waals surface area contributed by atoms with Crippen LogP contribution in [0.1, 0.15) is 15.9 Å². The third-order valence-electron chi connectivity index (χ3n) is 2.33. The zero-order valence-electron chi connectivity index (χ0n) is 8.77. The molecule has 0 aliphatic heterocycles. The summed E-state index contributed by atoms with van der Waals surface area (Å²) in [4.78, 5) is 14.9. The predicted molar refractivity (Wildman–Crippen MR) is 59.8 cm³/mol. The van der Waals surface area contributed by atoms with Crippen molar-refractivity contribution in [2.75, 3.05) is 0 Å². The lowest BCUT2D eigenvalue weighted by Crippen LogP contribution is -1.90. The highest BCUT2D eigenvalue weighted by molar-refractivity contribution is 5.87. The second-order valence-electron chi connectivity index (χ2n) is 3.60. The first-order valence-electron chi connectivity index (χ1n) is 4.87. The van der Waals surface area contributed by atoms with Gasteiger partial charge in [-0.25, -0.2) is 4.39 Å². The maximum Gasteiger partial charge on any atom is 0.150 e. The molecule has 2 aromatic rings. The molecule has 0 N–H and O–H groups in total. The van der Waals surface area contributed by atoms with E-state index in [9.17, 15) is 9.18 Å². The molecule has 0 aliphatic carbocycles. The van der Waals surface area contributed by atoms with Crippen LogP contribution >= 0.6 is 0 Å². The topological polar surface area (TPSA) is 30.0 Å². The molecule has 0 unspecified atom stereocenters. The van der Waals surface area contributed by atoms with E-state index in [1.54, 1.807) is 18.5 Å². The number of benzene rings is 1. The minimum Gasteiger partial charge on any atom is -0.298 e. The molecular weight excluding hydrogens is 205 g/mol. The number of hydrogen-bond acceptors (Lipinski definition) is 2. The highest BCUT2D eigenvalue weighted by atomic mass is 19.1. The summed E-state index contributed by atoms with van der Waals surface area (Å²) in [6.07, 6.45) is 4.04. The average molecular weight is 215 g/mol. The first-order valence-corrected chi connectivity index (χ1v) is 4.87. The molecule has 2 rings (SSSR count). The van der Waals surface area contributed by atoms with E-state index in [1.165, 1.54) is 12.1 Å². The lowest BCUT2D eigenvalue weighted by Gasteiger charge is -2.05. The molecule has 0 amide bonds. The lowest BCUT2D eigenvalue weighted by molar-refractivity contribution is 0.112. The number of hydrogen-bond donors (Lipinski definition) is 0. The minimum absolute atomic E-state index is 0.340. The molecule has 0 bridgehead atoms. The van der Waals surface area contributed by atoms with Gasteiger partial charge < -0.3 is 0 Å². The van der Waals surface area contributed by atoms with Crippen LogP contribution in [0.3, 0.4) is 0 Å². The van der Waals surface area contributed by atoms with E-state index in [-0.39, 0.29) is 0 Å². The first kappa shape index (κ1) is 10.5. The van der Waals surface area contributed by atoms with Crippen molar-refractivity contribution in [1.29, 1.82) is 0 Å². The fourth-order valence-electron chi connectivity index (χ4n) is 1.60. The Balaban J connectivity index is 2.59. The summed E-state index contributed by atoms with van der Waals surface area (Å²) in [6.45, 7) is 1.92. The van der Waals surface area contributed by atoms with Gasteiger partial charge in [-0.05, 0) is 36.2 Å². The van der Waals surface area contributed by atoms with Gasteiger partial charge in [0.1, 0.15) is 5.82 Å². The molecule has 1 aromatic heterocycles. The maximum absolute atomic E-state index is 13.0. The molecule has 1 aromatic carbocycles. The Kier molecular flexibility index (Phi) is 2.77. The van der Waals surface area contributed by atoms with Crippen LogP contribution in [0.25, 0.3) is 11.1 Å².